The van der Waals surface area contributed by atoms with E-state index >= 15 is 0 Å². The molecule has 2 N–H and O–H groups in total. The summed E-state index contributed by atoms with van der Waals surface area (Å²) in [4.78, 5) is 22.6. The fraction of sp³-hybridized carbons (Fsp3) is 0.846. The standard InChI is InChI=1S/C13H23NO3/c1-9(2)10(3)7-11(15)14-13(5-4-6-13)8-12(16)17/h9-10H,4-8H2,1-3H3,(H,14,15)(H,16,17). The molecule has 0 aromatic rings. The summed E-state index contributed by atoms with van der Waals surface area (Å²) in [5, 5.41) is 11.8. The minimum Gasteiger partial charge on any atom is -0.481 e. The smallest absolute Gasteiger partial charge is 0.305 e. The molecule has 4 nitrogen and oxygen atoms in total. The minimum absolute atomic E-state index is 0.00727. The molecule has 0 saturated heterocycles. The Morgan fingerprint density at radius 3 is 2.24 bits per heavy atom. The quantitative estimate of drug-likeness (QED) is 0.749. The van der Waals surface area contributed by atoms with E-state index in [4.69, 9.17) is 5.11 Å². The second-order valence-corrected chi connectivity index (χ2v) is 5.68. The van der Waals surface area contributed by atoms with E-state index in [1.165, 1.54) is 0 Å². The molecule has 0 radical (unpaired) electrons. The van der Waals surface area contributed by atoms with E-state index < -0.39 is 11.5 Å². The van der Waals surface area contributed by atoms with Crippen molar-refractivity contribution < 1.29 is 14.7 Å². The molecule has 1 aliphatic rings. The highest BCUT2D eigenvalue weighted by Gasteiger charge is 2.40. The number of nitrogens with one attached hydrogen (secondary N) is 1. The van der Waals surface area contributed by atoms with Crippen molar-refractivity contribution in [3.05, 3.63) is 0 Å². The summed E-state index contributed by atoms with van der Waals surface area (Å²) >= 11 is 0. The highest BCUT2D eigenvalue weighted by molar-refractivity contribution is 5.78. The third-order valence-corrected chi connectivity index (χ3v) is 3.85. The van der Waals surface area contributed by atoms with Crippen molar-refractivity contribution in [1.29, 1.82) is 0 Å². The SMILES string of the molecule is CC(C)C(C)CC(=O)NC1(CC(=O)O)CCC1. The van der Waals surface area contributed by atoms with E-state index in [0.717, 1.165) is 19.3 Å². The van der Waals surface area contributed by atoms with Gasteiger partial charge in [0.05, 0.1) is 12.0 Å². The predicted octanol–water partition coefficient (Wildman–Crippen LogP) is 2.18. The van der Waals surface area contributed by atoms with Crippen LogP contribution in [0.25, 0.3) is 0 Å². The molecular formula is C13H23NO3. The minimum atomic E-state index is -0.832. The van der Waals surface area contributed by atoms with Crippen molar-refractivity contribution in [3.63, 3.8) is 0 Å². The van der Waals surface area contributed by atoms with Crippen LogP contribution in [-0.2, 0) is 9.59 Å². The van der Waals surface area contributed by atoms with E-state index in [1.54, 1.807) is 0 Å². The topological polar surface area (TPSA) is 66.4 Å². The van der Waals surface area contributed by atoms with Gasteiger partial charge in [0.1, 0.15) is 0 Å². The van der Waals surface area contributed by atoms with Crippen LogP contribution in [0, 0.1) is 11.8 Å². The summed E-state index contributed by atoms with van der Waals surface area (Å²) in [5.41, 5.74) is -0.459. The highest BCUT2D eigenvalue weighted by Crippen LogP contribution is 2.35. The van der Waals surface area contributed by atoms with Gasteiger partial charge in [-0.15, -0.1) is 0 Å². The molecule has 0 bridgehead atoms. The Bertz CT molecular complexity index is 295. The lowest BCUT2D eigenvalue weighted by Gasteiger charge is -2.41. The molecule has 1 saturated carbocycles. The van der Waals surface area contributed by atoms with Crippen molar-refractivity contribution in [3.8, 4) is 0 Å². The Morgan fingerprint density at radius 1 is 1.29 bits per heavy atom. The number of carboxylic acids is 1. The Morgan fingerprint density at radius 2 is 1.88 bits per heavy atom. The molecule has 1 rings (SSSR count). The summed E-state index contributed by atoms with van der Waals surface area (Å²) in [7, 11) is 0. The van der Waals surface area contributed by atoms with E-state index in [9.17, 15) is 9.59 Å². The number of rotatable bonds is 6. The summed E-state index contributed by atoms with van der Waals surface area (Å²) < 4.78 is 0. The van der Waals surface area contributed by atoms with Gasteiger partial charge in [0.25, 0.3) is 0 Å². The molecule has 0 aromatic carbocycles. The molecule has 1 fully saturated rings. The van der Waals surface area contributed by atoms with Crippen LogP contribution in [0.3, 0.4) is 0 Å². The van der Waals surface area contributed by atoms with Gasteiger partial charge < -0.3 is 10.4 Å². The first-order valence-corrected chi connectivity index (χ1v) is 6.37. The van der Waals surface area contributed by atoms with Crippen molar-refractivity contribution in [2.45, 2.75) is 58.4 Å². The lowest BCUT2D eigenvalue weighted by molar-refractivity contribution is -0.140. The number of carbonyl (C=O) groups excluding carboxylic acids is 1. The number of carboxylic acid groups (broad SMARTS) is 1. The van der Waals surface area contributed by atoms with E-state index in [1.807, 2.05) is 0 Å². The van der Waals surface area contributed by atoms with Crippen LogP contribution >= 0.6 is 0 Å². The van der Waals surface area contributed by atoms with Gasteiger partial charge in [0.2, 0.25) is 5.91 Å². The molecule has 0 spiro atoms. The van der Waals surface area contributed by atoms with E-state index in [2.05, 4.69) is 26.1 Å². The zero-order chi connectivity index (χ0) is 13.1. The van der Waals surface area contributed by atoms with Crippen LogP contribution < -0.4 is 5.32 Å². The first-order valence-electron chi connectivity index (χ1n) is 6.37. The summed E-state index contributed by atoms with van der Waals surface area (Å²) in [6.45, 7) is 6.23. The number of hydrogen-bond donors (Lipinski definition) is 2. The second kappa shape index (κ2) is 5.52. The van der Waals surface area contributed by atoms with Crippen molar-refractivity contribution in [1.82, 2.24) is 5.32 Å². The highest BCUT2D eigenvalue weighted by atomic mass is 16.4. The van der Waals surface area contributed by atoms with Gasteiger partial charge in [0.15, 0.2) is 0 Å². The Balaban J connectivity index is 2.46. The Labute approximate surface area is 103 Å². The summed E-state index contributed by atoms with van der Waals surface area (Å²) in [6, 6.07) is 0. The molecule has 1 amide bonds. The normalized spacial score (nSPS) is 19.5. The first kappa shape index (κ1) is 14.0. The molecule has 0 aromatic heterocycles. The molecule has 1 atom stereocenters. The van der Waals surface area contributed by atoms with Crippen molar-refractivity contribution in [2.75, 3.05) is 0 Å². The number of aliphatic carboxylic acids is 1. The molecule has 1 unspecified atom stereocenters. The fourth-order valence-corrected chi connectivity index (χ4v) is 2.11. The van der Waals surface area contributed by atoms with Gasteiger partial charge in [-0.1, -0.05) is 20.8 Å². The zero-order valence-corrected chi connectivity index (χ0v) is 11.0. The molecule has 98 valence electrons. The van der Waals surface area contributed by atoms with E-state index in [0.29, 0.717) is 18.3 Å². The maximum atomic E-state index is 11.8. The average molecular weight is 241 g/mol. The summed E-state index contributed by atoms with van der Waals surface area (Å²) in [5.74, 6) is -0.0384. The predicted molar refractivity (Wildman–Crippen MR) is 65.6 cm³/mol. The zero-order valence-electron chi connectivity index (χ0n) is 11.0. The van der Waals surface area contributed by atoms with Crippen molar-refractivity contribution in [2.24, 2.45) is 11.8 Å². The third-order valence-electron chi connectivity index (χ3n) is 3.85. The van der Waals surface area contributed by atoms with E-state index in [-0.39, 0.29) is 12.3 Å². The Kier molecular flexibility index (Phi) is 4.54. The fourth-order valence-electron chi connectivity index (χ4n) is 2.11. The number of hydrogen-bond acceptors (Lipinski definition) is 2. The van der Waals surface area contributed by atoms with Gasteiger partial charge in [0, 0.05) is 6.42 Å². The average Bonchev–Trinajstić information content (AvgIpc) is 2.13. The Hall–Kier alpha value is -1.06. The van der Waals surface area contributed by atoms with Gasteiger partial charge in [-0.3, -0.25) is 9.59 Å². The van der Waals surface area contributed by atoms with Crippen LogP contribution in [0.1, 0.15) is 52.9 Å². The van der Waals surface area contributed by atoms with Crippen LogP contribution in [0.4, 0.5) is 0 Å². The van der Waals surface area contributed by atoms with Gasteiger partial charge in [-0.05, 0) is 31.1 Å². The molecular weight excluding hydrogens is 218 g/mol. The monoisotopic (exact) mass is 241 g/mol. The van der Waals surface area contributed by atoms with Gasteiger partial charge in [-0.2, -0.15) is 0 Å². The van der Waals surface area contributed by atoms with Crippen LogP contribution in [0.5, 0.6) is 0 Å². The first-order chi connectivity index (χ1) is 7.84. The number of amides is 1. The van der Waals surface area contributed by atoms with Crippen LogP contribution in [-0.4, -0.2) is 22.5 Å². The molecule has 4 heteroatoms. The van der Waals surface area contributed by atoms with Crippen LogP contribution in [0.15, 0.2) is 0 Å². The lowest BCUT2D eigenvalue weighted by Crippen LogP contribution is -2.54. The van der Waals surface area contributed by atoms with Gasteiger partial charge in [-0.25, -0.2) is 0 Å². The number of carbonyl (C=O) groups is 2. The third kappa shape index (κ3) is 4.02. The largest absolute Gasteiger partial charge is 0.481 e. The molecule has 1 aliphatic carbocycles. The maximum Gasteiger partial charge on any atom is 0.305 e. The van der Waals surface area contributed by atoms with Crippen molar-refractivity contribution >= 4 is 11.9 Å². The molecule has 0 heterocycles. The molecule has 17 heavy (non-hydrogen) atoms. The lowest BCUT2D eigenvalue weighted by atomic mass is 9.74. The second-order valence-electron chi connectivity index (χ2n) is 5.68. The van der Waals surface area contributed by atoms with Crippen LogP contribution in [0.2, 0.25) is 0 Å². The molecule has 0 aliphatic heterocycles. The van der Waals surface area contributed by atoms with Gasteiger partial charge >= 0.3 is 5.97 Å². The maximum absolute atomic E-state index is 11.8. The summed E-state index contributed by atoms with van der Waals surface area (Å²) in [6.07, 6.45) is 3.13.